The number of carboxylic acids is 1. The monoisotopic (exact) mass is 310 g/mol. The van der Waals surface area contributed by atoms with Crippen LogP contribution >= 0.6 is 0 Å². The van der Waals surface area contributed by atoms with Crippen LogP contribution in [-0.2, 0) is 14.3 Å². The van der Waals surface area contributed by atoms with Gasteiger partial charge in [0.05, 0.1) is 12.2 Å². The van der Waals surface area contributed by atoms with Crippen LogP contribution in [0.5, 0.6) is 5.75 Å². The summed E-state index contributed by atoms with van der Waals surface area (Å²) in [6, 6.07) is 5.78. The van der Waals surface area contributed by atoms with Crippen molar-refractivity contribution in [2.24, 2.45) is 0 Å². The van der Waals surface area contributed by atoms with E-state index in [1.807, 2.05) is 0 Å². The van der Waals surface area contributed by atoms with Crippen LogP contribution < -0.4 is 4.74 Å². The third kappa shape index (κ3) is 8.73. The Kier molecular flexibility index (Phi) is 10.1. The maximum absolute atomic E-state index is 11.4. The van der Waals surface area contributed by atoms with Crippen LogP contribution in [0.25, 0.3) is 0 Å². The highest BCUT2D eigenvalue weighted by molar-refractivity contribution is 5.92. The van der Waals surface area contributed by atoms with Crippen molar-refractivity contribution in [2.45, 2.75) is 40.0 Å². The van der Waals surface area contributed by atoms with E-state index >= 15 is 0 Å². The average molecular weight is 310 g/mol. The predicted molar refractivity (Wildman–Crippen MR) is 80.9 cm³/mol. The molecular weight excluding hydrogens is 288 g/mol. The van der Waals surface area contributed by atoms with Gasteiger partial charge < -0.3 is 14.6 Å². The highest BCUT2D eigenvalue weighted by atomic mass is 16.5. The van der Waals surface area contributed by atoms with Crippen LogP contribution in [0.3, 0.4) is 0 Å². The molecule has 122 valence electrons. The van der Waals surface area contributed by atoms with E-state index in [9.17, 15) is 14.4 Å². The molecule has 0 saturated heterocycles. The van der Waals surface area contributed by atoms with E-state index in [0.29, 0.717) is 0 Å². The van der Waals surface area contributed by atoms with Gasteiger partial charge in [0.1, 0.15) is 12.2 Å². The van der Waals surface area contributed by atoms with Gasteiger partial charge in [0.15, 0.2) is 0 Å². The molecule has 6 heteroatoms. The molecule has 6 nitrogen and oxygen atoms in total. The van der Waals surface area contributed by atoms with Gasteiger partial charge in [-0.25, -0.2) is 4.79 Å². The summed E-state index contributed by atoms with van der Waals surface area (Å²) in [5, 5.41) is 8.40. The quantitative estimate of drug-likeness (QED) is 0.493. The van der Waals surface area contributed by atoms with Crippen molar-refractivity contribution < 1.29 is 29.0 Å². The molecule has 0 amide bonds. The average Bonchev–Trinajstić information content (AvgIpc) is 2.47. The Morgan fingerprint density at radius 2 is 1.73 bits per heavy atom. The lowest BCUT2D eigenvalue weighted by Gasteiger charge is -2.05. The minimum absolute atomic E-state index is 0.104. The van der Waals surface area contributed by atoms with Gasteiger partial charge in [-0.3, -0.25) is 9.59 Å². The van der Waals surface area contributed by atoms with Crippen LogP contribution in [0.2, 0.25) is 0 Å². The number of unbranched alkanes of at least 4 members (excludes halogenated alkanes) is 1. The van der Waals surface area contributed by atoms with Crippen molar-refractivity contribution >= 4 is 17.9 Å². The van der Waals surface area contributed by atoms with Gasteiger partial charge in [-0.1, -0.05) is 32.8 Å². The van der Waals surface area contributed by atoms with E-state index in [4.69, 9.17) is 14.6 Å². The first kappa shape index (κ1) is 19.6. The summed E-state index contributed by atoms with van der Waals surface area (Å²) >= 11 is 0. The number of rotatable bonds is 6. The lowest BCUT2D eigenvalue weighted by atomic mass is 10.2. The van der Waals surface area contributed by atoms with Crippen molar-refractivity contribution in [3.05, 3.63) is 29.8 Å². The maximum atomic E-state index is 11.4. The van der Waals surface area contributed by atoms with Crippen LogP contribution in [0.4, 0.5) is 0 Å². The molecular formula is C16H22O6. The number of carbonyl (C=O) groups is 3. The van der Waals surface area contributed by atoms with Gasteiger partial charge in [-0.2, -0.15) is 0 Å². The molecule has 0 aliphatic rings. The van der Waals surface area contributed by atoms with Crippen molar-refractivity contribution in [1.29, 1.82) is 0 Å². The van der Waals surface area contributed by atoms with Crippen molar-refractivity contribution in [2.75, 3.05) is 6.61 Å². The van der Waals surface area contributed by atoms with Gasteiger partial charge in [0, 0.05) is 0 Å². The fourth-order valence-corrected chi connectivity index (χ4v) is 1.19. The fraction of sp³-hybridized carbons (Fsp3) is 0.438. The fourth-order valence-electron chi connectivity index (χ4n) is 1.19. The zero-order valence-electron chi connectivity index (χ0n) is 13.1. The molecule has 0 saturated carbocycles. The molecule has 0 aliphatic carbocycles. The molecule has 1 rings (SSSR count). The van der Waals surface area contributed by atoms with Gasteiger partial charge in [-0.05, 0) is 25.1 Å². The van der Waals surface area contributed by atoms with Crippen LogP contribution in [-0.4, -0.2) is 29.6 Å². The molecule has 0 bridgehead atoms. The Hall–Kier alpha value is -2.37. The van der Waals surface area contributed by atoms with E-state index in [2.05, 4.69) is 13.8 Å². The van der Waals surface area contributed by atoms with E-state index < -0.39 is 24.3 Å². The number of benzene rings is 1. The smallest absolute Gasteiger partial charge is 0.338 e. The third-order valence-electron chi connectivity index (χ3n) is 2.37. The Labute approximate surface area is 130 Å². The Bertz CT molecular complexity index is 493. The predicted octanol–water partition coefficient (Wildman–Crippen LogP) is 3.05. The van der Waals surface area contributed by atoms with E-state index in [1.54, 1.807) is 6.92 Å². The lowest BCUT2D eigenvalue weighted by Crippen LogP contribution is -2.13. The minimum atomic E-state index is -1.28. The SMILES string of the molecule is CCCC.CCOC(=O)c1cccc(OC(=O)CC(=O)O)c1. The molecule has 0 atom stereocenters. The highest BCUT2D eigenvalue weighted by Crippen LogP contribution is 2.14. The third-order valence-corrected chi connectivity index (χ3v) is 2.37. The Morgan fingerprint density at radius 1 is 1.09 bits per heavy atom. The standard InChI is InChI=1S/C12H12O6.C4H10/c1-2-17-12(16)8-4-3-5-9(6-8)18-11(15)7-10(13)14;1-3-4-2/h3-6H,2,7H2,1H3,(H,13,14);3-4H2,1-2H3. The molecule has 0 aromatic heterocycles. The van der Waals surface area contributed by atoms with Gasteiger partial charge >= 0.3 is 17.9 Å². The van der Waals surface area contributed by atoms with Crippen molar-refractivity contribution in [1.82, 2.24) is 0 Å². The van der Waals surface area contributed by atoms with Crippen LogP contribution in [0.1, 0.15) is 50.4 Å². The van der Waals surface area contributed by atoms with E-state index in [-0.39, 0.29) is 17.9 Å². The Morgan fingerprint density at radius 3 is 2.23 bits per heavy atom. The molecule has 1 aromatic carbocycles. The highest BCUT2D eigenvalue weighted by Gasteiger charge is 2.12. The van der Waals surface area contributed by atoms with Gasteiger partial charge in [0.2, 0.25) is 0 Å². The second-order valence-corrected chi connectivity index (χ2v) is 4.29. The summed E-state index contributed by atoms with van der Waals surface area (Å²) in [6.07, 6.45) is 1.91. The number of hydrogen-bond donors (Lipinski definition) is 1. The lowest BCUT2D eigenvalue weighted by molar-refractivity contribution is -0.145. The zero-order valence-corrected chi connectivity index (χ0v) is 13.1. The first-order valence-corrected chi connectivity index (χ1v) is 7.14. The first-order chi connectivity index (χ1) is 10.4. The summed E-state index contributed by atoms with van der Waals surface area (Å²) in [7, 11) is 0. The minimum Gasteiger partial charge on any atom is -0.481 e. The molecule has 0 heterocycles. The summed E-state index contributed by atoms with van der Waals surface area (Å²) in [6.45, 7) is 6.27. The van der Waals surface area contributed by atoms with Gasteiger partial charge in [0.25, 0.3) is 0 Å². The molecule has 0 fully saturated rings. The number of hydrogen-bond acceptors (Lipinski definition) is 5. The molecule has 22 heavy (non-hydrogen) atoms. The normalized spacial score (nSPS) is 9.23. The topological polar surface area (TPSA) is 89.9 Å². The maximum Gasteiger partial charge on any atom is 0.338 e. The molecule has 1 aromatic rings. The second kappa shape index (κ2) is 11.3. The summed E-state index contributed by atoms with van der Waals surface area (Å²) in [5.74, 6) is -2.61. The number of carboxylic acid groups (broad SMARTS) is 1. The van der Waals surface area contributed by atoms with E-state index in [1.165, 1.54) is 37.1 Å². The summed E-state index contributed by atoms with van der Waals surface area (Å²) in [5.41, 5.74) is 0.234. The zero-order chi connectivity index (χ0) is 17.0. The molecule has 0 unspecified atom stereocenters. The molecule has 0 aliphatic heterocycles. The van der Waals surface area contributed by atoms with Gasteiger partial charge in [-0.15, -0.1) is 0 Å². The number of esters is 2. The van der Waals surface area contributed by atoms with Crippen molar-refractivity contribution in [3.63, 3.8) is 0 Å². The van der Waals surface area contributed by atoms with Crippen LogP contribution in [0, 0.1) is 0 Å². The van der Waals surface area contributed by atoms with E-state index in [0.717, 1.165) is 0 Å². The molecule has 0 spiro atoms. The Balaban J connectivity index is 0.000000980. The number of carbonyl (C=O) groups excluding carboxylic acids is 2. The molecule has 1 N–H and O–H groups in total. The summed E-state index contributed by atoms with van der Waals surface area (Å²) < 4.78 is 9.55. The van der Waals surface area contributed by atoms with Crippen molar-refractivity contribution in [3.8, 4) is 5.75 Å². The number of ether oxygens (including phenoxy) is 2. The molecule has 0 radical (unpaired) electrons. The first-order valence-electron chi connectivity index (χ1n) is 7.14. The summed E-state index contributed by atoms with van der Waals surface area (Å²) in [4.78, 5) is 32.8. The second-order valence-electron chi connectivity index (χ2n) is 4.29. The number of aliphatic carboxylic acids is 1. The van der Waals surface area contributed by atoms with Crippen LogP contribution in [0.15, 0.2) is 24.3 Å². The largest absolute Gasteiger partial charge is 0.481 e.